The van der Waals surface area contributed by atoms with E-state index in [4.69, 9.17) is 9.47 Å². The predicted molar refractivity (Wildman–Crippen MR) is 138 cm³/mol. The molecule has 2 aromatic rings. The molecular formula is C28H37NO7S. The van der Waals surface area contributed by atoms with E-state index in [1.54, 1.807) is 55.5 Å². The van der Waals surface area contributed by atoms with Crippen LogP contribution >= 0.6 is 0 Å². The van der Waals surface area contributed by atoms with Crippen LogP contribution in [0.5, 0.6) is 0 Å². The number of carbonyl (C=O) groups excluding carboxylic acids is 1. The Morgan fingerprint density at radius 3 is 2.41 bits per heavy atom. The third kappa shape index (κ3) is 5.47. The molecule has 2 aromatic carbocycles. The van der Waals surface area contributed by atoms with Gasteiger partial charge in [0.05, 0.1) is 41.8 Å². The van der Waals surface area contributed by atoms with Crippen LogP contribution in [0.3, 0.4) is 0 Å². The summed E-state index contributed by atoms with van der Waals surface area (Å²) in [5.41, 5.74) is -1.66. The van der Waals surface area contributed by atoms with Gasteiger partial charge in [0.15, 0.2) is 0 Å². The summed E-state index contributed by atoms with van der Waals surface area (Å²) >= 11 is 0. The third-order valence-electron chi connectivity index (χ3n) is 7.67. The van der Waals surface area contributed by atoms with E-state index < -0.39 is 45.4 Å². The highest BCUT2D eigenvalue weighted by molar-refractivity contribution is 7.89. The SMILES string of the molecule is CCOC(=O)C[C@@]1(O)CC[C@H]([C@H]2OC[C@@H](CC)N2S(=O)(=O)c2ccc(C)cc2)[C@@](O)(c2ccccc2)C1. The lowest BCUT2D eigenvalue weighted by Gasteiger charge is -2.50. The smallest absolute Gasteiger partial charge is 0.308 e. The molecule has 0 spiro atoms. The second-order valence-corrected chi connectivity index (χ2v) is 12.1. The summed E-state index contributed by atoms with van der Waals surface area (Å²) in [6.45, 7) is 5.91. The van der Waals surface area contributed by atoms with Crippen LogP contribution in [0.2, 0.25) is 0 Å². The first kappa shape index (κ1) is 27.7. The molecule has 2 N–H and O–H groups in total. The van der Waals surface area contributed by atoms with E-state index >= 15 is 0 Å². The van der Waals surface area contributed by atoms with Crippen molar-refractivity contribution in [3.8, 4) is 0 Å². The van der Waals surface area contributed by atoms with Crippen molar-refractivity contribution in [1.29, 1.82) is 0 Å². The van der Waals surface area contributed by atoms with E-state index in [0.717, 1.165) is 5.56 Å². The normalized spacial score (nSPS) is 30.8. The number of carbonyl (C=O) groups is 1. The van der Waals surface area contributed by atoms with Gasteiger partial charge in [-0.3, -0.25) is 4.79 Å². The summed E-state index contributed by atoms with van der Waals surface area (Å²) in [4.78, 5) is 12.4. The van der Waals surface area contributed by atoms with Crippen molar-refractivity contribution < 1.29 is 32.9 Å². The molecule has 5 atom stereocenters. The molecule has 0 radical (unpaired) electrons. The molecular weight excluding hydrogens is 494 g/mol. The Morgan fingerprint density at radius 2 is 1.78 bits per heavy atom. The molecule has 0 bridgehead atoms. The summed E-state index contributed by atoms with van der Waals surface area (Å²) in [7, 11) is -3.94. The van der Waals surface area contributed by atoms with Crippen molar-refractivity contribution in [1.82, 2.24) is 4.31 Å². The number of benzene rings is 2. The second-order valence-electron chi connectivity index (χ2n) is 10.3. The monoisotopic (exact) mass is 531 g/mol. The number of rotatable bonds is 8. The average molecular weight is 532 g/mol. The fraction of sp³-hybridized carbons (Fsp3) is 0.536. The summed E-state index contributed by atoms with van der Waals surface area (Å²) in [5, 5.41) is 23.7. The molecule has 1 saturated carbocycles. The van der Waals surface area contributed by atoms with E-state index in [-0.39, 0.29) is 43.8 Å². The summed E-state index contributed by atoms with van der Waals surface area (Å²) in [6.07, 6.45) is -0.346. The number of aryl methyl sites for hydroxylation is 1. The van der Waals surface area contributed by atoms with Gasteiger partial charge >= 0.3 is 5.97 Å². The number of hydrogen-bond acceptors (Lipinski definition) is 7. The Balaban J connectivity index is 1.74. The van der Waals surface area contributed by atoms with Crippen LogP contribution in [0.25, 0.3) is 0 Å². The van der Waals surface area contributed by atoms with E-state index in [2.05, 4.69) is 0 Å². The van der Waals surface area contributed by atoms with E-state index in [9.17, 15) is 23.4 Å². The minimum absolute atomic E-state index is 0.150. The molecule has 1 saturated heterocycles. The van der Waals surface area contributed by atoms with Gasteiger partial charge in [-0.2, -0.15) is 4.31 Å². The standard InChI is InChI=1S/C28H37NO7S/c1-4-22-18-36-26(29(22)37(33,34)23-13-11-20(3)12-14-23)24-15-16-27(31,17-25(30)35-5-2)19-28(24,32)21-9-7-6-8-10-21/h6-14,22,24,26,31-32H,4-5,15-19H2,1-3H3/t22-,24-,26-,27+,28+/m1/s1. The molecule has 4 rings (SSSR count). The van der Waals surface area contributed by atoms with Gasteiger partial charge in [-0.25, -0.2) is 8.42 Å². The highest BCUT2D eigenvalue weighted by Crippen LogP contribution is 2.51. The number of ether oxygens (including phenoxy) is 2. The van der Waals surface area contributed by atoms with E-state index in [1.807, 2.05) is 19.9 Å². The molecule has 2 aliphatic rings. The minimum atomic E-state index is -3.94. The molecule has 0 aromatic heterocycles. The van der Waals surface area contributed by atoms with Crippen LogP contribution in [-0.4, -0.2) is 60.0 Å². The van der Waals surface area contributed by atoms with Crippen molar-refractivity contribution >= 4 is 16.0 Å². The van der Waals surface area contributed by atoms with Gasteiger partial charge in [0, 0.05) is 12.3 Å². The van der Waals surface area contributed by atoms with Crippen molar-refractivity contribution in [2.75, 3.05) is 13.2 Å². The van der Waals surface area contributed by atoms with Gasteiger partial charge in [0.25, 0.3) is 0 Å². The van der Waals surface area contributed by atoms with Gasteiger partial charge < -0.3 is 19.7 Å². The first-order valence-corrected chi connectivity index (χ1v) is 14.4. The number of nitrogens with zero attached hydrogens (tertiary/aromatic N) is 1. The Labute approximate surface area is 219 Å². The molecule has 37 heavy (non-hydrogen) atoms. The second kappa shape index (κ2) is 10.8. The van der Waals surface area contributed by atoms with Gasteiger partial charge in [-0.05, 0) is 50.8 Å². The first-order valence-electron chi connectivity index (χ1n) is 12.9. The fourth-order valence-corrected chi connectivity index (χ4v) is 7.56. The Hall–Kier alpha value is -2.30. The lowest BCUT2D eigenvalue weighted by atomic mass is 9.64. The lowest BCUT2D eigenvalue weighted by Crippen LogP contribution is -2.57. The highest BCUT2D eigenvalue weighted by atomic mass is 32.2. The van der Waals surface area contributed by atoms with Gasteiger partial charge in [-0.1, -0.05) is 55.0 Å². The summed E-state index contributed by atoms with van der Waals surface area (Å²) in [5.74, 6) is -1.21. The predicted octanol–water partition coefficient (Wildman–Crippen LogP) is 3.49. The van der Waals surface area contributed by atoms with E-state index in [1.165, 1.54) is 4.31 Å². The molecule has 0 amide bonds. The summed E-state index contributed by atoms with van der Waals surface area (Å²) < 4.78 is 40.5. The van der Waals surface area contributed by atoms with Crippen LogP contribution in [0.4, 0.5) is 0 Å². The van der Waals surface area contributed by atoms with Crippen LogP contribution in [-0.2, 0) is 29.9 Å². The van der Waals surface area contributed by atoms with Crippen LogP contribution in [0.15, 0.2) is 59.5 Å². The largest absolute Gasteiger partial charge is 0.466 e. The average Bonchev–Trinajstić information content (AvgIpc) is 3.29. The number of esters is 1. The van der Waals surface area contributed by atoms with Crippen molar-refractivity contribution in [2.24, 2.45) is 5.92 Å². The zero-order chi connectivity index (χ0) is 26.8. The third-order valence-corrected chi connectivity index (χ3v) is 9.60. The van der Waals surface area contributed by atoms with E-state index in [0.29, 0.717) is 12.0 Å². The molecule has 0 unspecified atom stereocenters. The topological polar surface area (TPSA) is 113 Å². The van der Waals surface area contributed by atoms with Crippen molar-refractivity contribution in [2.45, 2.75) is 81.2 Å². The maximum atomic E-state index is 13.9. The molecule has 1 aliphatic carbocycles. The molecule has 9 heteroatoms. The zero-order valence-corrected chi connectivity index (χ0v) is 22.5. The first-order chi connectivity index (χ1) is 17.5. The Kier molecular flexibility index (Phi) is 8.11. The molecule has 8 nitrogen and oxygen atoms in total. The van der Waals surface area contributed by atoms with Gasteiger partial charge in [0.2, 0.25) is 10.0 Å². The highest BCUT2D eigenvalue weighted by Gasteiger charge is 2.58. The Morgan fingerprint density at radius 1 is 1.11 bits per heavy atom. The lowest BCUT2D eigenvalue weighted by molar-refractivity contribution is -0.185. The van der Waals surface area contributed by atoms with Crippen LogP contribution in [0.1, 0.15) is 57.1 Å². The minimum Gasteiger partial charge on any atom is -0.466 e. The number of sulfonamides is 1. The molecule has 2 fully saturated rings. The summed E-state index contributed by atoms with van der Waals surface area (Å²) in [6, 6.07) is 15.2. The molecule has 1 heterocycles. The maximum Gasteiger partial charge on any atom is 0.308 e. The Bertz CT molecular complexity index is 1190. The molecule has 1 aliphatic heterocycles. The number of hydrogen-bond donors (Lipinski definition) is 2. The molecule has 202 valence electrons. The fourth-order valence-electron chi connectivity index (χ4n) is 5.76. The van der Waals surface area contributed by atoms with Gasteiger partial charge in [-0.15, -0.1) is 0 Å². The van der Waals surface area contributed by atoms with Crippen LogP contribution in [0, 0.1) is 12.8 Å². The maximum absolute atomic E-state index is 13.9. The zero-order valence-electron chi connectivity index (χ0n) is 21.7. The number of aliphatic hydroxyl groups is 2. The van der Waals surface area contributed by atoms with Crippen molar-refractivity contribution in [3.05, 3.63) is 65.7 Å². The van der Waals surface area contributed by atoms with Crippen LogP contribution < -0.4 is 0 Å². The quantitative estimate of drug-likeness (QED) is 0.501. The van der Waals surface area contributed by atoms with Crippen molar-refractivity contribution in [3.63, 3.8) is 0 Å². The van der Waals surface area contributed by atoms with Gasteiger partial charge in [0.1, 0.15) is 6.23 Å².